The number of carbonyl (C=O) groups is 2. The predicted molar refractivity (Wildman–Crippen MR) is 116 cm³/mol. The number of carbonyl (C=O) groups excluding carboxylic acids is 2. The maximum atomic E-state index is 13.0. The third kappa shape index (κ3) is 7.04. The monoisotopic (exact) mass is 398 g/mol. The normalized spacial score (nSPS) is 11.6. The molecule has 4 nitrogen and oxygen atoms in total. The molecule has 28 heavy (non-hydrogen) atoms. The van der Waals surface area contributed by atoms with Crippen molar-refractivity contribution in [3.8, 4) is 0 Å². The molecule has 2 rings (SSSR count). The van der Waals surface area contributed by atoms with E-state index < -0.39 is 6.04 Å². The van der Waals surface area contributed by atoms with Crippen LogP contribution in [0.1, 0.15) is 38.7 Å². The lowest BCUT2D eigenvalue weighted by atomic mass is 10.1. The number of hydrogen-bond donors (Lipinski definition) is 1. The summed E-state index contributed by atoms with van der Waals surface area (Å²) >= 11 is 1.67. The molecule has 150 valence electrons. The second kappa shape index (κ2) is 12.2. The summed E-state index contributed by atoms with van der Waals surface area (Å²) in [6, 6.07) is 19.5. The SMILES string of the molecule is CCCNC(=O)[C@H](CC)N(Cc1ccccc1)C(=O)CCSc1ccccc1. The van der Waals surface area contributed by atoms with Crippen LogP contribution in [-0.4, -0.2) is 35.1 Å². The molecule has 0 saturated heterocycles. The summed E-state index contributed by atoms with van der Waals surface area (Å²) in [5, 5.41) is 2.95. The van der Waals surface area contributed by atoms with E-state index in [1.807, 2.05) is 74.5 Å². The van der Waals surface area contributed by atoms with Crippen molar-refractivity contribution in [1.82, 2.24) is 10.2 Å². The summed E-state index contributed by atoms with van der Waals surface area (Å²) in [7, 11) is 0. The highest BCUT2D eigenvalue weighted by atomic mass is 32.2. The molecule has 1 N–H and O–H groups in total. The lowest BCUT2D eigenvalue weighted by Gasteiger charge is -2.30. The molecular formula is C23H30N2O2S. The third-order valence-electron chi connectivity index (χ3n) is 4.46. The summed E-state index contributed by atoms with van der Waals surface area (Å²) in [4.78, 5) is 28.6. The van der Waals surface area contributed by atoms with Crippen LogP contribution in [0.5, 0.6) is 0 Å². The van der Waals surface area contributed by atoms with Crippen molar-refractivity contribution < 1.29 is 9.59 Å². The van der Waals surface area contributed by atoms with E-state index in [9.17, 15) is 9.59 Å². The van der Waals surface area contributed by atoms with Crippen molar-refractivity contribution in [1.29, 1.82) is 0 Å². The van der Waals surface area contributed by atoms with Crippen molar-refractivity contribution >= 4 is 23.6 Å². The van der Waals surface area contributed by atoms with Gasteiger partial charge in [0.05, 0.1) is 0 Å². The Kier molecular flexibility index (Phi) is 9.63. The van der Waals surface area contributed by atoms with Gasteiger partial charge in [0.2, 0.25) is 11.8 Å². The Morgan fingerprint density at radius 3 is 2.25 bits per heavy atom. The smallest absolute Gasteiger partial charge is 0.242 e. The van der Waals surface area contributed by atoms with Gasteiger partial charge in [0.15, 0.2) is 0 Å². The third-order valence-corrected chi connectivity index (χ3v) is 5.47. The summed E-state index contributed by atoms with van der Waals surface area (Å²) in [5.41, 5.74) is 1.04. The summed E-state index contributed by atoms with van der Waals surface area (Å²) in [6.45, 7) is 5.06. The van der Waals surface area contributed by atoms with E-state index >= 15 is 0 Å². The molecular weight excluding hydrogens is 368 g/mol. The molecule has 1 atom stereocenters. The Hall–Kier alpha value is -2.27. The van der Waals surface area contributed by atoms with Gasteiger partial charge < -0.3 is 10.2 Å². The fourth-order valence-corrected chi connectivity index (χ4v) is 3.84. The van der Waals surface area contributed by atoms with Gasteiger partial charge in [-0.25, -0.2) is 0 Å². The molecule has 2 amide bonds. The highest BCUT2D eigenvalue weighted by molar-refractivity contribution is 7.99. The first-order chi connectivity index (χ1) is 13.7. The van der Waals surface area contributed by atoms with Crippen molar-refractivity contribution in [3.63, 3.8) is 0 Å². The molecule has 2 aromatic rings. The van der Waals surface area contributed by atoms with Crippen LogP contribution in [0.3, 0.4) is 0 Å². The van der Waals surface area contributed by atoms with Gasteiger partial charge in [-0.2, -0.15) is 0 Å². The van der Waals surface area contributed by atoms with Crippen LogP contribution in [0, 0.1) is 0 Å². The number of nitrogens with zero attached hydrogens (tertiary/aromatic N) is 1. The largest absolute Gasteiger partial charge is 0.354 e. The van der Waals surface area contributed by atoms with Crippen LogP contribution in [0.4, 0.5) is 0 Å². The first kappa shape index (κ1) is 22.0. The fraction of sp³-hybridized carbons (Fsp3) is 0.391. The van der Waals surface area contributed by atoms with Gasteiger partial charge in [0, 0.05) is 30.2 Å². The Morgan fingerprint density at radius 2 is 1.64 bits per heavy atom. The molecule has 0 aliphatic carbocycles. The number of nitrogens with one attached hydrogen (secondary N) is 1. The van der Waals surface area contributed by atoms with Crippen molar-refractivity contribution in [2.24, 2.45) is 0 Å². The second-order valence-corrected chi connectivity index (χ2v) is 7.80. The summed E-state index contributed by atoms with van der Waals surface area (Å²) in [6.07, 6.45) is 1.88. The van der Waals surface area contributed by atoms with E-state index in [0.717, 1.165) is 16.9 Å². The minimum Gasteiger partial charge on any atom is -0.354 e. The molecule has 0 aliphatic rings. The van der Waals surface area contributed by atoms with Crippen molar-refractivity contribution in [2.75, 3.05) is 12.3 Å². The van der Waals surface area contributed by atoms with Crippen molar-refractivity contribution in [2.45, 2.75) is 50.6 Å². The molecule has 0 aromatic heterocycles. The van der Waals surface area contributed by atoms with E-state index in [4.69, 9.17) is 0 Å². The highest BCUT2D eigenvalue weighted by Gasteiger charge is 2.28. The van der Waals surface area contributed by atoms with E-state index in [1.54, 1.807) is 16.7 Å². The van der Waals surface area contributed by atoms with Crippen LogP contribution in [0.15, 0.2) is 65.6 Å². The highest BCUT2D eigenvalue weighted by Crippen LogP contribution is 2.20. The average Bonchev–Trinajstić information content (AvgIpc) is 2.73. The molecule has 0 fully saturated rings. The Morgan fingerprint density at radius 1 is 1.00 bits per heavy atom. The molecule has 5 heteroatoms. The molecule has 0 unspecified atom stereocenters. The zero-order chi connectivity index (χ0) is 20.2. The molecule has 0 spiro atoms. The van der Waals surface area contributed by atoms with Crippen LogP contribution in [-0.2, 0) is 16.1 Å². The summed E-state index contributed by atoms with van der Waals surface area (Å²) < 4.78 is 0. The predicted octanol–water partition coefficient (Wildman–Crippen LogP) is 4.50. The molecule has 0 heterocycles. The van der Waals surface area contributed by atoms with Gasteiger partial charge in [-0.3, -0.25) is 9.59 Å². The second-order valence-electron chi connectivity index (χ2n) is 6.63. The molecule has 0 saturated carbocycles. The zero-order valence-corrected chi connectivity index (χ0v) is 17.6. The van der Waals surface area contributed by atoms with Gasteiger partial charge >= 0.3 is 0 Å². The Labute approximate surface area is 172 Å². The summed E-state index contributed by atoms with van der Waals surface area (Å²) in [5.74, 6) is 0.649. The van der Waals surface area contributed by atoms with Crippen LogP contribution < -0.4 is 5.32 Å². The zero-order valence-electron chi connectivity index (χ0n) is 16.8. The number of thioether (sulfide) groups is 1. The van der Waals surface area contributed by atoms with E-state index in [-0.39, 0.29) is 11.8 Å². The average molecular weight is 399 g/mol. The first-order valence-electron chi connectivity index (χ1n) is 9.94. The minimum atomic E-state index is -0.444. The quantitative estimate of drug-likeness (QED) is 0.567. The fourth-order valence-electron chi connectivity index (χ4n) is 2.98. The number of amides is 2. The van der Waals surface area contributed by atoms with Crippen LogP contribution in [0.2, 0.25) is 0 Å². The van der Waals surface area contributed by atoms with Gasteiger partial charge in [-0.05, 0) is 30.5 Å². The maximum absolute atomic E-state index is 13.0. The van der Waals surface area contributed by atoms with Crippen LogP contribution >= 0.6 is 11.8 Å². The lowest BCUT2D eigenvalue weighted by Crippen LogP contribution is -2.49. The number of benzene rings is 2. The molecule has 2 aromatic carbocycles. The van der Waals surface area contributed by atoms with E-state index in [1.165, 1.54) is 0 Å². The van der Waals surface area contributed by atoms with Gasteiger partial charge in [0.25, 0.3) is 0 Å². The maximum Gasteiger partial charge on any atom is 0.242 e. The topological polar surface area (TPSA) is 49.4 Å². The van der Waals surface area contributed by atoms with Gasteiger partial charge in [0.1, 0.15) is 6.04 Å². The number of hydrogen-bond acceptors (Lipinski definition) is 3. The molecule has 0 bridgehead atoms. The van der Waals surface area contributed by atoms with E-state index in [2.05, 4.69) is 5.32 Å². The Balaban J connectivity index is 2.06. The number of rotatable bonds is 11. The Bertz CT molecular complexity index is 722. The lowest BCUT2D eigenvalue weighted by molar-refractivity contribution is -0.141. The standard InChI is InChI=1S/C23H30N2O2S/c1-3-16-24-23(27)21(4-2)25(18-19-11-7-5-8-12-19)22(26)15-17-28-20-13-9-6-10-14-20/h5-14,21H,3-4,15-18H2,1-2H3,(H,24,27)/t21-/m0/s1. The molecule has 0 aliphatic heterocycles. The molecule has 0 radical (unpaired) electrons. The minimum absolute atomic E-state index is 0.0192. The van der Waals surface area contributed by atoms with Gasteiger partial charge in [-0.1, -0.05) is 62.4 Å². The van der Waals surface area contributed by atoms with Crippen LogP contribution in [0.25, 0.3) is 0 Å². The first-order valence-corrected chi connectivity index (χ1v) is 10.9. The van der Waals surface area contributed by atoms with E-state index in [0.29, 0.717) is 31.7 Å². The van der Waals surface area contributed by atoms with Crippen molar-refractivity contribution in [3.05, 3.63) is 66.2 Å². The van der Waals surface area contributed by atoms with Gasteiger partial charge in [-0.15, -0.1) is 11.8 Å².